The Hall–Kier alpha value is -1.90. The van der Waals surface area contributed by atoms with Crippen LogP contribution in [0.1, 0.15) is 30.4 Å². The molecule has 1 atom stereocenters. The second kappa shape index (κ2) is 4.05. The van der Waals surface area contributed by atoms with E-state index in [0.717, 1.165) is 22.9 Å². The fraction of sp³-hybridized carbons (Fsp3) is 0.412. The Morgan fingerprint density at radius 3 is 3.00 bits per heavy atom. The maximum atomic E-state index is 12.1. The first-order valence-electron chi connectivity index (χ1n) is 7.31. The number of nitrogens with zero attached hydrogens (tertiary/aromatic N) is 1. The maximum absolute atomic E-state index is 12.1. The van der Waals surface area contributed by atoms with Crippen LogP contribution in [0, 0.1) is 18.3 Å². The smallest absolute Gasteiger partial charge is 0.223 e. The second-order valence-electron chi connectivity index (χ2n) is 6.28. The molecule has 2 saturated carbocycles. The lowest BCUT2D eigenvalue weighted by molar-refractivity contribution is -0.122. The van der Waals surface area contributed by atoms with Crippen LogP contribution in [0.2, 0.25) is 0 Å². The first-order chi connectivity index (χ1) is 9.70. The average Bonchev–Trinajstić information content (AvgIpc) is 3.39. The number of carbonyl (C=O) groups excluding carboxylic acids is 1. The van der Waals surface area contributed by atoms with Crippen LogP contribution in [-0.2, 0) is 11.3 Å². The van der Waals surface area contributed by atoms with E-state index in [1.165, 1.54) is 18.4 Å². The van der Waals surface area contributed by atoms with Crippen LogP contribution < -0.4 is 5.32 Å². The molecule has 0 unspecified atom stereocenters. The minimum Gasteiger partial charge on any atom is -0.352 e. The highest BCUT2D eigenvalue weighted by molar-refractivity contribution is 5.86. The standard InChI is InChI=1S/C17H18N2O/c1-11-4-5-12(13-3-2-8-18-15(11)13)10-19-16(20)14-9-17(14)6-7-17/h2-5,8,14H,6-7,9-10H2,1H3,(H,19,20)/t14-/m0/s1. The van der Waals surface area contributed by atoms with Gasteiger partial charge in [0.05, 0.1) is 5.52 Å². The maximum Gasteiger partial charge on any atom is 0.223 e. The summed E-state index contributed by atoms with van der Waals surface area (Å²) in [6.07, 6.45) is 5.43. The van der Waals surface area contributed by atoms with Crippen molar-refractivity contribution in [3.8, 4) is 0 Å². The van der Waals surface area contributed by atoms with Gasteiger partial charge in [-0.25, -0.2) is 0 Å². The highest BCUT2D eigenvalue weighted by atomic mass is 16.2. The van der Waals surface area contributed by atoms with Crippen LogP contribution >= 0.6 is 0 Å². The summed E-state index contributed by atoms with van der Waals surface area (Å²) in [5.41, 5.74) is 3.79. The number of hydrogen-bond donors (Lipinski definition) is 1. The lowest BCUT2D eigenvalue weighted by Gasteiger charge is -2.09. The predicted octanol–water partition coefficient (Wildman–Crippen LogP) is 2.96. The molecule has 2 fully saturated rings. The van der Waals surface area contributed by atoms with E-state index in [9.17, 15) is 4.79 Å². The van der Waals surface area contributed by atoms with Gasteiger partial charge in [-0.05, 0) is 48.8 Å². The third kappa shape index (κ3) is 1.80. The van der Waals surface area contributed by atoms with E-state index in [1.54, 1.807) is 0 Å². The van der Waals surface area contributed by atoms with Gasteiger partial charge in [-0.2, -0.15) is 0 Å². The van der Waals surface area contributed by atoms with Gasteiger partial charge in [0.25, 0.3) is 0 Å². The van der Waals surface area contributed by atoms with E-state index in [4.69, 9.17) is 0 Å². The highest BCUT2D eigenvalue weighted by Crippen LogP contribution is 2.70. The lowest BCUT2D eigenvalue weighted by Crippen LogP contribution is -2.25. The Balaban J connectivity index is 1.54. The summed E-state index contributed by atoms with van der Waals surface area (Å²) in [6.45, 7) is 2.67. The zero-order chi connectivity index (χ0) is 13.7. The molecule has 0 radical (unpaired) electrons. The fourth-order valence-corrected chi connectivity index (χ4v) is 3.26. The molecule has 102 valence electrons. The Labute approximate surface area is 118 Å². The first-order valence-corrected chi connectivity index (χ1v) is 7.31. The summed E-state index contributed by atoms with van der Waals surface area (Å²) in [4.78, 5) is 16.5. The van der Waals surface area contributed by atoms with Gasteiger partial charge in [0.1, 0.15) is 0 Å². The zero-order valence-corrected chi connectivity index (χ0v) is 11.6. The molecule has 3 nitrogen and oxygen atoms in total. The molecule has 2 aliphatic rings. The van der Waals surface area contributed by atoms with Crippen LogP contribution in [-0.4, -0.2) is 10.9 Å². The number of nitrogens with one attached hydrogen (secondary N) is 1. The molecule has 4 rings (SSSR count). The normalized spacial score (nSPS) is 21.9. The van der Waals surface area contributed by atoms with Gasteiger partial charge in [-0.1, -0.05) is 18.2 Å². The minimum atomic E-state index is 0.236. The Morgan fingerprint density at radius 2 is 2.25 bits per heavy atom. The molecule has 2 aromatic rings. The van der Waals surface area contributed by atoms with E-state index in [-0.39, 0.29) is 11.8 Å². The number of carbonyl (C=O) groups is 1. The minimum absolute atomic E-state index is 0.236. The predicted molar refractivity (Wildman–Crippen MR) is 78.1 cm³/mol. The molecule has 1 N–H and O–H groups in total. The molecule has 0 bridgehead atoms. The molecule has 0 saturated heterocycles. The first kappa shape index (κ1) is 11.9. The number of rotatable bonds is 3. The molecule has 1 aromatic heterocycles. The monoisotopic (exact) mass is 266 g/mol. The van der Waals surface area contributed by atoms with E-state index in [2.05, 4.69) is 35.4 Å². The van der Waals surface area contributed by atoms with Crippen molar-refractivity contribution in [1.29, 1.82) is 0 Å². The number of pyridine rings is 1. The molecule has 3 heteroatoms. The molecule has 1 amide bonds. The number of benzene rings is 1. The molecule has 1 aromatic carbocycles. The largest absolute Gasteiger partial charge is 0.352 e. The number of amides is 1. The summed E-state index contributed by atoms with van der Waals surface area (Å²) in [5.74, 6) is 0.525. The number of fused-ring (bicyclic) bond motifs is 1. The van der Waals surface area contributed by atoms with Crippen molar-refractivity contribution in [2.24, 2.45) is 11.3 Å². The summed E-state index contributed by atoms with van der Waals surface area (Å²) < 4.78 is 0. The van der Waals surface area contributed by atoms with Crippen molar-refractivity contribution >= 4 is 16.8 Å². The second-order valence-corrected chi connectivity index (χ2v) is 6.28. The molecule has 1 spiro atoms. The van der Waals surface area contributed by atoms with Crippen molar-refractivity contribution < 1.29 is 4.79 Å². The summed E-state index contributed by atoms with van der Waals surface area (Å²) in [7, 11) is 0. The number of hydrogen-bond acceptors (Lipinski definition) is 2. The van der Waals surface area contributed by atoms with Crippen LogP contribution in [0.25, 0.3) is 10.9 Å². The van der Waals surface area contributed by atoms with Crippen LogP contribution in [0.4, 0.5) is 0 Å². The van der Waals surface area contributed by atoms with Gasteiger partial charge in [-0.3, -0.25) is 9.78 Å². The molecule has 1 heterocycles. The van der Waals surface area contributed by atoms with Gasteiger partial charge < -0.3 is 5.32 Å². The van der Waals surface area contributed by atoms with Crippen molar-refractivity contribution in [2.45, 2.75) is 32.7 Å². The number of aryl methyl sites for hydroxylation is 1. The Bertz CT molecular complexity index is 703. The lowest BCUT2D eigenvalue weighted by atomic mass is 10.0. The fourth-order valence-electron chi connectivity index (χ4n) is 3.26. The average molecular weight is 266 g/mol. The van der Waals surface area contributed by atoms with Crippen molar-refractivity contribution in [1.82, 2.24) is 10.3 Å². The van der Waals surface area contributed by atoms with E-state index in [0.29, 0.717) is 12.0 Å². The summed E-state index contributed by atoms with van der Waals surface area (Å²) in [5, 5.41) is 4.24. The van der Waals surface area contributed by atoms with Crippen LogP contribution in [0.5, 0.6) is 0 Å². The van der Waals surface area contributed by atoms with Crippen molar-refractivity contribution in [2.75, 3.05) is 0 Å². The third-order valence-electron chi connectivity index (χ3n) is 4.91. The van der Waals surface area contributed by atoms with E-state index in [1.807, 2.05) is 12.3 Å². The molecule has 2 aliphatic carbocycles. The highest BCUT2D eigenvalue weighted by Gasteiger charge is 2.65. The Morgan fingerprint density at radius 1 is 1.40 bits per heavy atom. The van der Waals surface area contributed by atoms with Gasteiger partial charge in [0, 0.05) is 24.0 Å². The summed E-state index contributed by atoms with van der Waals surface area (Å²) >= 11 is 0. The molecule has 0 aliphatic heterocycles. The third-order valence-corrected chi connectivity index (χ3v) is 4.91. The van der Waals surface area contributed by atoms with Gasteiger partial charge in [0.2, 0.25) is 5.91 Å². The molecule has 20 heavy (non-hydrogen) atoms. The van der Waals surface area contributed by atoms with Crippen LogP contribution in [0.15, 0.2) is 30.5 Å². The van der Waals surface area contributed by atoms with E-state index < -0.39 is 0 Å². The molecular formula is C17H18N2O. The van der Waals surface area contributed by atoms with Gasteiger partial charge >= 0.3 is 0 Å². The number of aromatic nitrogens is 1. The van der Waals surface area contributed by atoms with Crippen LogP contribution in [0.3, 0.4) is 0 Å². The quantitative estimate of drug-likeness (QED) is 0.928. The van der Waals surface area contributed by atoms with Gasteiger partial charge in [-0.15, -0.1) is 0 Å². The topological polar surface area (TPSA) is 42.0 Å². The Kier molecular flexibility index (Phi) is 2.40. The van der Waals surface area contributed by atoms with Crippen molar-refractivity contribution in [3.05, 3.63) is 41.6 Å². The van der Waals surface area contributed by atoms with E-state index >= 15 is 0 Å². The zero-order valence-electron chi connectivity index (χ0n) is 11.6. The SMILES string of the molecule is Cc1ccc(CNC(=O)[C@@H]2CC23CC3)c2cccnc12. The van der Waals surface area contributed by atoms with Gasteiger partial charge in [0.15, 0.2) is 0 Å². The summed E-state index contributed by atoms with van der Waals surface area (Å²) in [6, 6.07) is 8.21. The van der Waals surface area contributed by atoms with Crippen molar-refractivity contribution in [3.63, 3.8) is 0 Å². The molecular weight excluding hydrogens is 248 g/mol.